The minimum Gasteiger partial charge on any atom is -0.497 e. The van der Waals surface area contributed by atoms with Gasteiger partial charge in [0.2, 0.25) is 0 Å². The van der Waals surface area contributed by atoms with E-state index in [1.807, 2.05) is 29.2 Å². The number of carbonyl (C=O) groups excluding carboxylic acids is 1. The van der Waals surface area contributed by atoms with Gasteiger partial charge < -0.3 is 24.2 Å². The molecular weight excluding hydrogens is 358 g/mol. The van der Waals surface area contributed by atoms with Gasteiger partial charge in [-0.15, -0.1) is 10.2 Å². The Morgan fingerprint density at radius 1 is 0.964 bits per heavy atom. The van der Waals surface area contributed by atoms with E-state index >= 15 is 0 Å². The van der Waals surface area contributed by atoms with Gasteiger partial charge in [-0.3, -0.25) is 4.79 Å². The maximum Gasteiger partial charge on any atom is 0.274 e. The van der Waals surface area contributed by atoms with Crippen molar-refractivity contribution in [1.29, 1.82) is 0 Å². The van der Waals surface area contributed by atoms with Crippen molar-refractivity contribution >= 4 is 17.4 Å². The highest BCUT2D eigenvalue weighted by Crippen LogP contribution is 2.22. The number of methoxy groups -OCH3 is 1. The summed E-state index contributed by atoms with van der Waals surface area (Å²) in [6.07, 6.45) is 0. The number of piperazine rings is 1. The minimum atomic E-state index is -0.0636. The second-order valence-corrected chi connectivity index (χ2v) is 6.86. The largest absolute Gasteiger partial charge is 0.497 e. The molecule has 1 aromatic carbocycles. The standard InChI is InChI=1S/C20H25N5O3/c1-27-17-4-2-3-16(15-17)23-7-9-25(10-8-23)20(26)18-5-6-19(22-21-18)24-11-13-28-14-12-24/h2-6,15H,7-14H2,1H3. The zero-order valence-corrected chi connectivity index (χ0v) is 16.1. The average Bonchev–Trinajstić information content (AvgIpc) is 2.79. The molecule has 3 heterocycles. The van der Waals surface area contributed by atoms with Crippen LogP contribution in [0.15, 0.2) is 36.4 Å². The van der Waals surface area contributed by atoms with Crippen LogP contribution in [0.2, 0.25) is 0 Å². The van der Waals surface area contributed by atoms with Crippen molar-refractivity contribution < 1.29 is 14.3 Å². The van der Waals surface area contributed by atoms with Crippen LogP contribution in [0.5, 0.6) is 5.75 Å². The van der Waals surface area contributed by atoms with Gasteiger partial charge >= 0.3 is 0 Å². The van der Waals surface area contributed by atoms with Crippen LogP contribution < -0.4 is 14.5 Å². The zero-order valence-electron chi connectivity index (χ0n) is 16.1. The van der Waals surface area contributed by atoms with E-state index in [0.717, 1.165) is 43.4 Å². The van der Waals surface area contributed by atoms with Crippen molar-refractivity contribution in [3.63, 3.8) is 0 Å². The molecule has 2 aliphatic heterocycles. The molecule has 0 atom stereocenters. The monoisotopic (exact) mass is 383 g/mol. The van der Waals surface area contributed by atoms with Crippen LogP contribution in [0.25, 0.3) is 0 Å². The number of benzene rings is 1. The maximum atomic E-state index is 12.8. The van der Waals surface area contributed by atoms with E-state index in [9.17, 15) is 4.79 Å². The Kier molecular flexibility index (Phi) is 5.57. The lowest BCUT2D eigenvalue weighted by molar-refractivity contribution is 0.0739. The fourth-order valence-electron chi connectivity index (χ4n) is 3.54. The minimum absolute atomic E-state index is 0.0636. The Bertz CT molecular complexity index is 800. The molecule has 0 radical (unpaired) electrons. The molecule has 0 N–H and O–H groups in total. The van der Waals surface area contributed by atoms with Crippen LogP contribution in [0.1, 0.15) is 10.5 Å². The van der Waals surface area contributed by atoms with Gasteiger partial charge in [-0.05, 0) is 24.3 Å². The number of carbonyl (C=O) groups is 1. The molecule has 8 heteroatoms. The highest BCUT2D eigenvalue weighted by Gasteiger charge is 2.24. The van der Waals surface area contributed by atoms with Crippen molar-refractivity contribution in [2.24, 2.45) is 0 Å². The first-order valence-electron chi connectivity index (χ1n) is 9.59. The molecule has 0 saturated carbocycles. The number of rotatable bonds is 4. The molecule has 2 aliphatic rings. The molecule has 8 nitrogen and oxygen atoms in total. The molecule has 1 aromatic heterocycles. The predicted molar refractivity (Wildman–Crippen MR) is 106 cm³/mol. The Labute approximate surface area is 164 Å². The molecule has 2 saturated heterocycles. The molecule has 1 amide bonds. The topological polar surface area (TPSA) is 71.0 Å². The second-order valence-electron chi connectivity index (χ2n) is 6.86. The van der Waals surface area contributed by atoms with Crippen LogP contribution in [0.3, 0.4) is 0 Å². The van der Waals surface area contributed by atoms with Crippen molar-refractivity contribution in [2.75, 3.05) is 69.4 Å². The number of aromatic nitrogens is 2. The van der Waals surface area contributed by atoms with Crippen molar-refractivity contribution in [1.82, 2.24) is 15.1 Å². The molecular formula is C20H25N5O3. The lowest BCUT2D eigenvalue weighted by Gasteiger charge is -2.36. The van der Waals surface area contributed by atoms with Gasteiger partial charge in [-0.1, -0.05) is 6.07 Å². The van der Waals surface area contributed by atoms with E-state index in [1.54, 1.807) is 13.2 Å². The first-order chi connectivity index (χ1) is 13.7. The lowest BCUT2D eigenvalue weighted by atomic mass is 10.2. The van der Waals surface area contributed by atoms with E-state index < -0.39 is 0 Å². The van der Waals surface area contributed by atoms with Crippen LogP contribution in [-0.2, 0) is 4.74 Å². The summed E-state index contributed by atoms with van der Waals surface area (Å²) >= 11 is 0. The number of amides is 1. The number of nitrogens with zero attached hydrogens (tertiary/aromatic N) is 5. The quantitative estimate of drug-likeness (QED) is 0.788. The molecule has 148 valence electrons. The third-order valence-corrected chi connectivity index (χ3v) is 5.19. The van der Waals surface area contributed by atoms with Gasteiger partial charge in [0.25, 0.3) is 5.91 Å². The summed E-state index contributed by atoms with van der Waals surface area (Å²) in [5, 5.41) is 8.42. The Morgan fingerprint density at radius 3 is 2.43 bits per heavy atom. The third-order valence-electron chi connectivity index (χ3n) is 5.19. The van der Waals surface area contributed by atoms with Gasteiger partial charge in [0.15, 0.2) is 11.5 Å². The van der Waals surface area contributed by atoms with Crippen molar-refractivity contribution in [3.8, 4) is 5.75 Å². The number of ether oxygens (including phenoxy) is 2. The highest BCUT2D eigenvalue weighted by atomic mass is 16.5. The fraction of sp³-hybridized carbons (Fsp3) is 0.450. The maximum absolute atomic E-state index is 12.8. The second kappa shape index (κ2) is 8.43. The molecule has 0 bridgehead atoms. The molecule has 28 heavy (non-hydrogen) atoms. The molecule has 4 rings (SSSR count). The average molecular weight is 383 g/mol. The fourth-order valence-corrected chi connectivity index (χ4v) is 3.54. The number of hydrogen-bond acceptors (Lipinski definition) is 7. The zero-order chi connectivity index (χ0) is 19.3. The van der Waals surface area contributed by atoms with Gasteiger partial charge in [-0.25, -0.2) is 0 Å². The summed E-state index contributed by atoms with van der Waals surface area (Å²) in [7, 11) is 1.67. The molecule has 0 aliphatic carbocycles. The summed E-state index contributed by atoms with van der Waals surface area (Å²) < 4.78 is 10.7. The van der Waals surface area contributed by atoms with Gasteiger partial charge in [-0.2, -0.15) is 0 Å². The van der Waals surface area contributed by atoms with Crippen LogP contribution in [-0.4, -0.2) is 80.6 Å². The number of hydrogen-bond donors (Lipinski definition) is 0. The van der Waals surface area contributed by atoms with E-state index in [4.69, 9.17) is 9.47 Å². The first kappa shape index (κ1) is 18.5. The van der Waals surface area contributed by atoms with Crippen LogP contribution in [0.4, 0.5) is 11.5 Å². The van der Waals surface area contributed by atoms with Gasteiger partial charge in [0, 0.05) is 51.0 Å². The van der Waals surface area contributed by atoms with E-state index in [-0.39, 0.29) is 5.91 Å². The molecule has 0 spiro atoms. The Morgan fingerprint density at radius 2 is 1.75 bits per heavy atom. The summed E-state index contributed by atoms with van der Waals surface area (Å²) in [5.41, 5.74) is 1.51. The Hall–Kier alpha value is -2.87. The third kappa shape index (κ3) is 4.01. The van der Waals surface area contributed by atoms with Gasteiger partial charge in [0.05, 0.1) is 20.3 Å². The van der Waals surface area contributed by atoms with Crippen LogP contribution >= 0.6 is 0 Å². The van der Waals surface area contributed by atoms with E-state index in [0.29, 0.717) is 32.0 Å². The first-order valence-corrected chi connectivity index (χ1v) is 9.59. The summed E-state index contributed by atoms with van der Waals surface area (Å²) in [5.74, 6) is 1.57. The summed E-state index contributed by atoms with van der Waals surface area (Å²) in [4.78, 5) is 19.0. The van der Waals surface area contributed by atoms with Crippen LogP contribution in [0, 0.1) is 0 Å². The summed E-state index contributed by atoms with van der Waals surface area (Å²) in [6.45, 7) is 5.85. The van der Waals surface area contributed by atoms with E-state index in [2.05, 4.69) is 26.1 Å². The number of anilines is 2. The van der Waals surface area contributed by atoms with E-state index in [1.165, 1.54) is 0 Å². The molecule has 0 unspecified atom stereocenters. The predicted octanol–water partition coefficient (Wildman–Crippen LogP) is 1.28. The smallest absolute Gasteiger partial charge is 0.274 e. The van der Waals surface area contributed by atoms with Crippen molar-refractivity contribution in [2.45, 2.75) is 0 Å². The lowest BCUT2D eigenvalue weighted by Crippen LogP contribution is -2.49. The SMILES string of the molecule is COc1cccc(N2CCN(C(=O)c3ccc(N4CCOCC4)nn3)CC2)c1. The Balaban J connectivity index is 1.35. The normalized spacial score (nSPS) is 17.5. The van der Waals surface area contributed by atoms with Crippen molar-refractivity contribution in [3.05, 3.63) is 42.1 Å². The van der Waals surface area contributed by atoms with Gasteiger partial charge in [0.1, 0.15) is 5.75 Å². The summed E-state index contributed by atoms with van der Waals surface area (Å²) in [6, 6.07) is 11.6. The molecule has 2 aromatic rings. The number of morpholine rings is 1. The highest BCUT2D eigenvalue weighted by molar-refractivity contribution is 5.92. The molecule has 2 fully saturated rings.